The van der Waals surface area contributed by atoms with Crippen molar-refractivity contribution in [1.29, 1.82) is 0 Å². The number of aromatic nitrogens is 1. The van der Waals surface area contributed by atoms with E-state index >= 15 is 0 Å². The summed E-state index contributed by atoms with van der Waals surface area (Å²) in [6.45, 7) is 4.20. The van der Waals surface area contributed by atoms with E-state index in [0.717, 1.165) is 35.4 Å². The minimum atomic E-state index is -0.314. The Kier molecular flexibility index (Phi) is 5.34. The molecule has 0 aromatic carbocycles. The molecule has 25 heavy (non-hydrogen) atoms. The highest BCUT2D eigenvalue weighted by Crippen LogP contribution is 2.40. The number of hydrogen-bond donors (Lipinski definition) is 2. The van der Waals surface area contributed by atoms with Crippen LogP contribution in [0.5, 0.6) is 0 Å². The van der Waals surface area contributed by atoms with Crippen molar-refractivity contribution in [3.63, 3.8) is 0 Å². The van der Waals surface area contributed by atoms with E-state index in [1.807, 2.05) is 19.1 Å². The number of esters is 1. The first-order valence-corrected chi connectivity index (χ1v) is 9.44. The van der Waals surface area contributed by atoms with Crippen LogP contribution in [0.4, 0.5) is 10.8 Å². The predicted octanol–water partition coefficient (Wildman–Crippen LogP) is 4.17. The number of nitrogens with zero attached hydrogens (tertiary/aromatic N) is 1. The lowest BCUT2D eigenvalue weighted by atomic mass is 9.88. The number of pyridine rings is 1. The van der Waals surface area contributed by atoms with E-state index in [1.165, 1.54) is 12.0 Å². The molecule has 0 spiro atoms. The highest BCUT2D eigenvalue weighted by Gasteiger charge is 2.28. The minimum absolute atomic E-state index is 0.314. The number of ether oxygens (including phenoxy) is 1. The van der Waals surface area contributed by atoms with Crippen LogP contribution in [0.15, 0.2) is 18.3 Å². The number of rotatable bonds is 3. The molecule has 5 nitrogen and oxygen atoms in total. The third-order valence-corrected chi connectivity index (χ3v) is 5.74. The number of methoxy groups -OCH3 is 1. The highest BCUT2D eigenvalue weighted by molar-refractivity contribution is 7.80. The maximum absolute atomic E-state index is 12.3. The molecule has 2 aromatic heterocycles. The number of carbonyl (C=O) groups is 1. The van der Waals surface area contributed by atoms with Gasteiger partial charge in [-0.15, -0.1) is 11.3 Å². The van der Waals surface area contributed by atoms with E-state index in [9.17, 15) is 4.79 Å². The van der Waals surface area contributed by atoms with Crippen molar-refractivity contribution >= 4 is 45.5 Å². The van der Waals surface area contributed by atoms with Gasteiger partial charge in [0.15, 0.2) is 5.11 Å². The summed E-state index contributed by atoms with van der Waals surface area (Å²) in [6.07, 6.45) is 4.69. The third-order valence-electron chi connectivity index (χ3n) is 4.37. The molecule has 0 fully saturated rings. The molecule has 132 valence electrons. The monoisotopic (exact) mass is 375 g/mol. The number of anilines is 2. The molecule has 1 aliphatic rings. The lowest BCUT2D eigenvalue weighted by Crippen LogP contribution is -2.21. The summed E-state index contributed by atoms with van der Waals surface area (Å²) in [5, 5.41) is 7.43. The van der Waals surface area contributed by atoms with E-state index in [4.69, 9.17) is 17.0 Å². The van der Waals surface area contributed by atoms with Crippen LogP contribution in [-0.2, 0) is 17.6 Å². The van der Waals surface area contributed by atoms with Gasteiger partial charge in [0.25, 0.3) is 0 Å². The summed E-state index contributed by atoms with van der Waals surface area (Å²) in [4.78, 5) is 17.8. The number of fused-ring (bicyclic) bond motifs is 1. The summed E-state index contributed by atoms with van der Waals surface area (Å²) >= 11 is 7.01. The zero-order valence-electron chi connectivity index (χ0n) is 14.5. The van der Waals surface area contributed by atoms with Gasteiger partial charge in [0.2, 0.25) is 0 Å². The molecule has 3 rings (SSSR count). The molecule has 7 heteroatoms. The van der Waals surface area contributed by atoms with Crippen molar-refractivity contribution in [3.05, 3.63) is 39.9 Å². The molecule has 0 saturated carbocycles. The molecule has 0 bridgehead atoms. The van der Waals surface area contributed by atoms with Gasteiger partial charge in [-0.3, -0.25) is 0 Å². The fourth-order valence-corrected chi connectivity index (χ4v) is 4.68. The second-order valence-electron chi connectivity index (χ2n) is 6.30. The normalized spacial score (nSPS) is 16.0. The van der Waals surface area contributed by atoms with Crippen LogP contribution in [-0.4, -0.2) is 23.2 Å². The zero-order chi connectivity index (χ0) is 18.0. The molecule has 2 aromatic rings. The van der Waals surface area contributed by atoms with E-state index in [2.05, 4.69) is 22.5 Å². The fourth-order valence-electron chi connectivity index (χ4n) is 3.02. The van der Waals surface area contributed by atoms with Gasteiger partial charge in [-0.2, -0.15) is 0 Å². The van der Waals surface area contributed by atoms with Gasteiger partial charge >= 0.3 is 5.97 Å². The van der Waals surface area contributed by atoms with Gasteiger partial charge in [-0.1, -0.05) is 13.0 Å². The molecule has 1 aliphatic carbocycles. The Bertz CT molecular complexity index is 817. The lowest BCUT2D eigenvalue weighted by molar-refractivity contribution is 0.0601. The molecular formula is C18H21N3O2S2. The van der Waals surface area contributed by atoms with E-state index in [1.54, 1.807) is 17.5 Å². The Morgan fingerprint density at radius 2 is 2.24 bits per heavy atom. The average Bonchev–Trinajstić information content (AvgIpc) is 2.92. The van der Waals surface area contributed by atoms with Gasteiger partial charge in [0.1, 0.15) is 10.8 Å². The Morgan fingerprint density at radius 3 is 2.96 bits per heavy atom. The molecular weight excluding hydrogens is 354 g/mol. The molecule has 0 radical (unpaired) electrons. The molecule has 1 atom stereocenters. The van der Waals surface area contributed by atoms with E-state index < -0.39 is 0 Å². The van der Waals surface area contributed by atoms with Crippen LogP contribution < -0.4 is 10.6 Å². The first-order valence-electron chi connectivity index (χ1n) is 8.22. The molecule has 0 saturated heterocycles. The highest BCUT2D eigenvalue weighted by atomic mass is 32.1. The summed E-state index contributed by atoms with van der Waals surface area (Å²) < 4.78 is 5.00. The van der Waals surface area contributed by atoms with Crippen molar-refractivity contribution in [2.75, 3.05) is 17.7 Å². The van der Waals surface area contributed by atoms with Gasteiger partial charge in [-0.05, 0) is 61.5 Å². The first kappa shape index (κ1) is 17.8. The SMILES string of the molecule is COC(=O)c1c(NC(=S)Nc2ncccc2C)sc2c1CCC(C)C2. The fraction of sp³-hybridized carbons (Fsp3) is 0.389. The van der Waals surface area contributed by atoms with Crippen molar-refractivity contribution in [3.8, 4) is 0 Å². The number of aryl methyl sites for hydroxylation is 1. The van der Waals surface area contributed by atoms with Crippen LogP contribution >= 0.6 is 23.6 Å². The van der Waals surface area contributed by atoms with Crippen LogP contribution in [0.2, 0.25) is 0 Å². The Hall–Kier alpha value is -1.99. The van der Waals surface area contributed by atoms with Crippen molar-refractivity contribution in [2.45, 2.75) is 33.1 Å². The Labute approximate surface area is 156 Å². The van der Waals surface area contributed by atoms with Crippen LogP contribution in [0.3, 0.4) is 0 Å². The molecule has 0 amide bonds. The smallest absolute Gasteiger partial charge is 0.341 e. The summed E-state index contributed by atoms with van der Waals surface area (Å²) in [5.74, 6) is 1.02. The molecule has 2 heterocycles. The maximum atomic E-state index is 12.3. The van der Waals surface area contributed by atoms with Crippen molar-refractivity contribution in [1.82, 2.24) is 4.98 Å². The standard InChI is InChI=1S/C18H21N3O2S2/c1-10-6-7-12-13(9-10)25-16(14(12)17(22)23-3)21-18(24)20-15-11(2)5-4-8-19-15/h4-5,8,10H,6-7,9H2,1-3H3,(H2,19,20,21,24). The maximum Gasteiger partial charge on any atom is 0.341 e. The zero-order valence-corrected chi connectivity index (χ0v) is 16.1. The quantitative estimate of drug-likeness (QED) is 0.620. The first-order chi connectivity index (χ1) is 12.0. The topological polar surface area (TPSA) is 63.2 Å². The van der Waals surface area contributed by atoms with Crippen molar-refractivity contribution < 1.29 is 9.53 Å². The summed E-state index contributed by atoms with van der Waals surface area (Å²) in [6, 6.07) is 3.84. The van der Waals surface area contributed by atoms with Crippen LogP contribution in [0.1, 0.15) is 39.7 Å². The summed E-state index contributed by atoms with van der Waals surface area (Å²) in [5.41, 5.74) is 2.73. The van der Waals surface area contributed by atoms with Crippen LogP contribution in [0, 0.1) is 12.8 Å². The van der Waals surface area contributed by atoms with Crippen LogP contribution in [0.25, 0.3) is 0 Å². The second kappa shape index (κ2) is 7.49. The predicted molar refractivity (Wildman–Crippen MR) is 106 cm³/mol. The summed E-state index contributed by atoms with van der Waals surface area (Å²) in [7, 11) is 1.41. The lowest BCUT2D eigenvalue weighted by Gasteiger charge is -2.18. The number of thiophene rings is 1. The Balaban J connectivity index is 1.85. The van der Waals surface area contributed by atoms with Gasteiger partial charge in [-0.25, -0.2) is 9.78 Å². The molecule has 1 unspecified atom stereocenters. The largest absolute Gasteiger partial charge is 0.465 e. The number of thiocarbonyl (C=S) groups is 1. The second-order valence-corrected chi connectivity index (χ2v) is 7.81. The molecule has 0 aliphatic heterocycles. The molecule has 2 N–H and O–H groups in total. The number of hydrogen-bond acceptors (Lipinski definition) is 5. The van der Waals surface area contributed by atoms with Gasteiger partial charge < -0.3 is 15.4 Å². The Morgan fingerprint density at radius 1 is 1.44 bits per heavy atom. The number of nitrogens with one attached hydrogen (secondary N) is 2. The van der Waals surface area contributed by atoms with E-state index in [-0.39, 0.29) is 5.97 Å². The minimum Gasteiger partial charge on any atom is -0.465 e. The van der Waals surface area contributed by atoms with Gasteiger partial charge in [0.05, 0.1) is 12.7 Å². The van der Waals surface area contributed by atoms with Crippen molar-refractivity contribution in [2.24, 2.45) is 5.92 Å². The van der Waals surface area contributed by atoms with E-state index in [0.29, 0.717) is 22.4 Å². The third kappa shape index (κ3) is 3.82. The number of carbonyl (C=O) groups excluding carboxylic acids is 1. The van der Waals surface area contributed by atoms with Gasteiger partial charge in [0, 0.05) is 11.1 Å². The average molecular weight is 376 g/mol.